The average Bonchev–Trinajstić information content (AvgIpc) is 3.00. The number of hydrogen-bond donors (Lipinski definition) is 1. The van der Waals surface area contributed by atoms with Crippen LogP contribution in [-0.4, -0.2) is 47.2 Å². The van der Waals surface area contributed by atoms with Gasteiger partial charge in [0.25, 0.3) is 0 Å². The van der Waals surface area contributed by atoms with E-state index in [4.69, 9.17) is 9.47 Å². The number of nitrogens with one attached hydrogen (secondary N) is 1. The van der Waals surface area contributed by atoms with Gasteiger partial charge in [-0.15, -0.1) is 0 Å². The largest absolute Gasteiger partial charge is 0.460 e. The van der Waals surface area contributed by atoms with Crippen molar-refractivity contribution >= 4 is 23.8 Å². The van der Waals surface area contributed by atoms with E-state index in [0.717, 1.165) is 17.6 Å². The predicted octanol–water partition coefficient (Wildman–Crippen LogP) is 5.72. The Morgan fingerprint density at radius 1 is 0.974 bits per heavy atom. The van der Waals surface area contributed by atoms with Gasteiger partial charge in [-0.1, -0.05) is 42.0 Å². The number of carbonyl (C=O) groups is 3. The van der Waals surface area contributed by atoms with E-state index >= 15 is 0 Å². The molecule has 3 rings (SSSR count). The molecule has 0 aliphatic heterocycles. The molecule has 2 aromatic rings. The van der Waals surface area contributed by atoms with Crippen LogP contribution in [0, 0.1) is 0 Å². The second kappa shape index (κ2) is 12.9. The molecule has 1 aromatic heterocycles. The molecule has 1 atom stereocenters. The van der Waals surface area contributed by atoms with Crippen LogP contribution in [0.15, 0.2) is 60.3 Å². The van der Waals surface area contributed by atoms with Crippen molar-refractivity contribution in [2.45, 2.75) is 84.3 Å². The van der Waals surface area contributed by atoms with Crippen LogP contribution in [0.25, 0.3) is 0 Å². The maximum Gasteiger partial charge on any atom is 0.416 e. The Bertz CT molecular complexity index is 1180. The van der Waals surface area contributed by atoms with Crippen molar-refractivity contribution in [1.29, 1.82) is 0 Å². The molecule has 8 nitrogen and oxygen atoms in total. The number of pyridine rings is 1. The molecule has 1 N–H and O–H groups in total. The molecule has 39 heavy (non-hydrogen) atoms. The summed E-state index contributed by atoms with van der Waals surface area (Å²) in [6.07, 6.45) is 4.92. The fraction of sp³-hybridized carbons (Fsp3) is 0.484. The SMILES string of the molecule is CC(C)(C)OC(=O)CC1CC(CNC(=O)CCN(C(=O)OC(C)(C)C)c2ccccn2)=CCc2ccccc21. The van der Waals surface area contributed by atoms with E-state index in [-0.39, 0.29) is 37.2 Å². The fourth-order valence-corrected chi connectivity index (χ4v) is 4.44. The van der Waals surface area contributed by atoms with Gasteiger partial charge in [0.2, 0.25) is 5.91 Å². The minimum atomic E-state index is -0.675. The topological polar surface area (TPSA) is 97.8 Å². The molecule has 1 aliphatic carbocycles. The number of carbonyl (C=O) groups excluding carboxylic acids is 3. The Morgan fingerprint density at radius 2 is 1.67 bits per heavy atom. The first-order chi connectivity index (χ1) is 18.3. The minimum absolute atomic E-state index is 0.0338. The van der Waals surface area contributed by atoms with Gasteiger partial charge in [-0.2, -0.15) is 0 Å². The highest BCUT2D eigenvalue weighted by molar-refractivity contribution is 5.88. The third kappa shape index (κ3) is 9.85. The summed E-state index contributed by atoms with van der Waals surface area (Å²) < 4.78 is 11.1. The first-order valence-electron chi connectivity index (χ1n) is 13.5. The number of hydrogen-bond acceptors (Lipinski definition) is 6. The van der Waals surface area contributed by atoms with Gasteiger partial charge in [0, 0.05) is 25.7 Å². The number of nitrogens with zero attached hydrogens (tertiary/aromatic N) is 2. The van der Waals surface area contributed by atoms with Crippen molar-refractivity contribution < 1.29 is 23.9 Å². The summed E-state index contributed by atoms with van der Waals surface area (Å²) in [4.78, 5) is 44.0. The van der Waals surface area contributed by atoms with Gasteiger partial charge in [-0.3, -0.25) is 14.5 Å². The Hall–Kier alpha value is -3.68. The maximum absolute atomic E-state index is 12.8. The lowest BCUT2D eigenvalue weighted by Gasteiger charge is -2.26. The van der Waals surface area contributed by atoms with Gasteiger partial charge in [0.15, 0.2) is 0 Å². The molecule has 0 saturated heterocycles. The summed E-state index contributed by atoms with van der Waals surface area (Å²) in [5.41, 5.74) is 2.16. The Morgan fingerprint density at radius 3 is 2.33 bits per heavy atom. The lowest BCUT2D eigenvalue weighted by Crippen LogP contribution is -2.39. The molecule has 0 radical (unpaired) electrons. The van der Waals surface area contributed by atoms with E-state index in [1.165, 1.54) is 10.5 Å². The van der Waals surface area contributed by atoms with E-state index < -0.39 is 17.3 Å². The lowest BCUT2D eigenvalue weighted by atomic mass is 9.88. The van der Waals surface area contributed by atoms with Crippen LogP contribution in [0.5, 0.6) is 0 Å². The van der Waals surface area contributed by atoms with E-state index in [1.54, 1.807) is 45.2 Å². The number of anilines is 1. The Balaban J connectivity index is 1.63. The van der Waals surface area contributed by atoms with Gasteiger partial charge < -0.3 is 14.8 Å². The first-order valence-corrected chi connectivity index (χ1v) is 13.5. The number of benzene rings is 1. The third-order valence-electron chi connectivity index (χ3n) is 6.06. The predicted molar refractivity (Wildman–Crippen MR) is 151 cm³/mol. The van der Waals surface area contributed by atoms with E-state index in [2.05, 4.69) is 28.5 Å². The number of esters is 1. The maximum atomic E-state index is 12.8. The number of fused-ring (bicyclic) bond motifs is 1. The first kappa shape index (κ1) is 29.9. The molecule has 8 heteroatoms. The van der Waals surface area contributed by atoms with E-state index in [9.17, 15) is 14.4 Å². The van der Waals surface area contributed by atoms with Gasteiger partial charge in [0.1, 0.15) is 17.0 Å². The number of rotatable bonds is 8. The Labute approximate surface area is 231 Å². The van der Waals surface area contributed by atoms with Gasteiger partial charge in [-0.25, -0.2) is 9.78 Å². The third-order valence-corrected chi connectivity index (χ3v) is 6.06. The second-order valence-electron chi connectivity index (χ2n) is 11.8. The van der Waals surface area contributed by atoms with Crippen LogP contribution in [0.4, 0.5) is 10.6 Å². The van der Waals surface area contributed by atoms with Gasteiger partial charge in [-0.05, 0) is 83.6 Å². The monoisotopic (exact) mass is 535 g/mol. The molecular weight excluding hydrogens is 494 g/mol. The number of aromatic nitrogens is 1. The zero-order valence-corrected chi connectivity index (χ0v) is 24.0. The molecule has 0 bridgehead atoms. The van der Waals surface area contributed by atoms with Crippen LogP contribution in [0.1, 0.15) is 77.8 Å². The van der Waals surface area contributed by atoms with Crippen molar-refractivity contribution in [3.8, 4) is 0 Å². The highest BCUT2D eigenvalue weighted by Crippen LogP contribution is 2.34. The molecular formula is C31H41N3O5. The van der Waals surface area contributed by atoms with Crippen molar-refractivity contribution in [2.75, 3.05) is 18.0 Å². The molecule has 0 spiro atoms. The molecule has 0 fully saturated rings. The van der Waals surface area contributed by atoms with Crippen LogP contribution in [-0.2, 0) is 25.5 Å². The molecule has 2 amide bonds. The molecule has 1 aromatic carbocycles. The van der Waals surface area contributed by atoms with Crippen molar-refractivity contribution in [3.05, 3.63) is 71.4 Å². The van der Waals surface area contributed by atoms with Gasteiger partial charge >= 0.3 is 12.1 Å². The smallest absolute Gasteiger partial charge is 0.416 e. The summed E-state index contributed by atoms with van der Waals surface area (Å²) >= 11 is 0. The zero-order chi connectivity index (χ0) is 28.6. The van der Waals surface area contributed by atoms with E-state index in [1.807, 2.05) is 32.9 Å². The molecule has 210 valence electrons. The number of amides is 2. The summed E-state index contributed by atoms with van der Waals surface area (Å²) in [7, 11) is 0. The number of allylic oxidation sites excluding steroid dienone is 1. The fourth-order valence-electron chi connectivity index (χ4n) is 4.44. The van der Waals surface area contributed by atoms with Crippen molar-refractivity contribution in [2.24, 2.45) is 0 Å². The van der Waals surface area contributed by atoms with Crippen molar-refractivity contribution in [3.63, 3.8) is 0 Å². The summed E-state index contributed by atoms with van der Waals surface area (Å²) in [5, 5.41) is 2.99. The van der Waals surface area contributed by atoms with Crippen LogP contribution < -0.4 is 10.2 Å². The molecule has 1 unspecified atom stereocenters. The zero-order valence-electron chi connectivity index (χ0n) is 24.0. The highest BCUT2D eigenvalue weighted by atomic mass is 16.6. The lowest BCUT2D eigenvalue weighted by molar-refractivity contribution is -0.155. The number of ether oxygens (including phenoxy) is 2. The van der Waals surface area contributed by atoms with Crippen LogP contribution in [0.2, 0.25) is 0 Å². The minimum Gasteiger partial charge on any atom is -0.460 e. The summed E-state index contributed by atoms with van der Waals surface area (Å²) in [6.45, 7) is 11.5. The average molecular weight is 536 g/mol. The van der Waals surface area contributed by atoms with Crippen molar-refractivity contribution in [1.82, 2.24) is 10.3 Å². The normalized spacial score (nSPS) is 15.3. The molecule has 1 aliphatic rings. The molecule has 0 saturated carbocycles. The Kier molecular flexibility index (Phi) is 9.89. The second-order valence-corrected chi connectivity index (χ2v) is 11.8. The van der Waals surface area contributed by atoms with Crippen LogP contribution >= 0.6 is 0 Å². The summed E-state index contributed by atoms with van der Waals surface area (Å²) in [6, 6.07) is 13.4. The summed E-state index contributed by atoms with van der Waals surface area (Å²) in [5.74, 6) is -0.0301. The van der Waals surface area contributed by atoms with Crippen LogP contribution in [0.3, 0.4) is 0 Å². The standard InChI is InChI=1S/C31H41N3O5/c1-30(2,3)38-28(36)20-24-19-22(14-15-23-11-7-8-12-25(23)24)21-33-27(35)16-18-34(26-13-9-10-17-32-26)29(37)39-31(4,5)6/h7-14,17,24H,15-16,18-21H2,1-6H3,(H,33,35). The van der Waals surface area contributed by atoms with Gasteiger partial charge in [0.05, 0.1) is 6.42 Å². The quantitative estimate of drug-likeness (QED) is 0.343. The van der Waals surface area contributed by atoms with E-state index in [0.29, 0.717) is 18.8 Å². The highest BCUT2D eigenvalue weighted by Gasteiger charge is 2.27. The molecule has 1 heterocycles.